The van der Waals surface area contributed by atoms with Gasteiger partial charge in [-0.2, -0.15) is 0 Å². The predicted molar refractivity (Wildman–Crippen MR) is 116 cm³/mol. The molecule has 8 nitrogen and oxygen atoms in total. The van der Waals surface area contributed by atoms with Crippen LogP contribution in [0.1, 0.15) is 22.3 Å². The van der Waals surface area contributed by atoms with Crippen molar-refractivity contribution in [2.75, 3.05) is 31.3 Å². The highest BCUT2D eigenvalue weighted by molar-refractivity contribution is 6.16. The molecule has 10 heteroatoms. The number of halogens is 2. The molecule has 3 heterocycles. The number of nitrogen functional groups attached to an aromatic ring is 1. The number of carbonyl (C=O) groups is 1. The summed E-state index contributed by atoms with van der Waals surface area (Å²) in [5.74, 6) is -2.43. The van der Waals surface area contributed by atoms with Crippen molar-refractivity contribution in [3.05, 3.63) is 65.7 Å². The molecule has 0 saturated carbocycles. The first-order chi connectivity index (χ1) is 15.5. The molecule has 0 unspecified atom stereocenters. The zero-order valence-electron chi connectivity index (χ0n) is 17.2. The van der Waals surface area contributed by atoms with Gasteiger partial charge >= 0.3 is 0 Å². The molecule has 0 radical (unpaired) electrons. The Labute approximate surface area is 181 Å². The number of benzene rings is 1. The first-order valence-corrected chi connectivity index (χ1v) is 9.80. The molecule has 0 bridgehead atoms. The average molecular weight is 438 g/mol. The molecule has 4 rings (SSSR count). The number of H-pyrrole nitrogens is 1. The molecule has 3 aromatic heterocycles. The van der Waals surface area contributed by atoms with E-state index in [0.717, 1.165) is 18.6 Å². The summed E-state index contributed by atoms with van der Waals surface area (Å²) in [6, 6.07) is 3.73. The van der Waals surface area contributed by atoms with Gasteiger partial charge in [0, 0.05) is 67.1 Å². The molecule has 32 heavy (non-hydrogen) atoms. The molecular weight excluding hydrogens is 418 g/mol. The van der Waals surface area contributed by atoms with Crippen molar-refractivity contribution in [2.45, 2.75) is 6.42 Å². The minimum absolute atomic E-state index is 0.0788. The second-order valence-electron chi connectivity index (χ2n) is 7.05. The number of aromatic amines is 1. The Morgan fingerprint density at radius 2 is 1.91 bits per heavy atom. The molecule has 0 aliphatic heterocycles. The summed E-state index contributed by atoms with van der Waals surface area (Å²) in [6.45, 7) is 1.31. The van der Waals surface area contributed by atoms with Crippen LogP contribution < -0.4 is 11.1 Å². The van der Waals surface area contributed by atoms with Gasteiger partial charge in [0.05, 0.1) is 11.3 Å². The van der Waals surface area contributed by atoms with E-state index in [1.165, 1.54) is 6.20 Å². The van der Waals surface area contributed by atoms with Crippen LogP contribution in [0, 0.1) is 11.6 Å². The van der Waals surface area contributed by atoms with Gasteiger partial charge in [-0.3, -0.25) is 4.79 Å². The number of methoxy groups -OCH3 is 1. The standard InChI is InChI=1S/C22H20F2N6O2/c1-32-6-2-5-26-22-29-9-13(10-30-22)12-7-14-15(11-28-21(14)27-8-12)20(31)18-16(23)3-4-17(25)19(18)24/h3-4,7-11H,2,5-6,25H2,1H3,(H,27,28)(H,26,29,30). The van der Waals surface area contributed by atoms with Crippen LogP contribution in [-0.2, 0) is 4.74 Å². The number of nitrogens with two attached hydrogens (primary N) is 1. The van der Waals surface area contributed by atoms with Crippen LogP contribution in [-0.4, -0.2) is 46.0 Å². The van der Waals surface area contributed by atoms with Gasteiger partial charge < -0.3 is 20.8 Å². The van der Waals surface area contributed by atoms with Gasteiger partial charge in [-0.15, -0.1) is 0 Å². The number of pyridine rings is 1. The lowest BCUT2D eigenvalue weighted by Crippen LogP contribution is -2.09. The fourth-order valence-electron chi connectivity index (χ4n) is 3.25. The Bertz CT molecular complexity index is 1270. The third-order valence-corrected chi connectivity index (χ3v) is 4.92. The van der Waals surface area contributed by atoms with Gasteiger partial charge in [0.25, 0.3) is 0 Å². The zero-order valence-corrected chi connectivity index (χ0v) is 17.2. The smallest absolute Gasteiger partial charge is 0.222 e. The third-order valence-electron chi connectivity index (χ3n) is 4.92. The Morgan fingerprint density at radius 3 is 2.66 bits per heavy atom. The molecule has 0 aliphatic carbocycles. The average Bonchev–Trinajstić information content (AvgIpc) is 3.23. The SMILES string of the molecule is COCCCNc1ncc(-c2cnc3[nH]cc(C(=O)c4c(F)ccc(N)c4F)c3c2)cn1. The topological polar surface area (TPSA) is 119 Å². The number of nitrogens with one attached hydrogen (secondary N) is 2. The quantitative estimate of drug-likeness (QED) is 0.219. The summed E-state index contributed by atoms with van der Waals surface area (Å²) in [5, 5.41) is 3.50. The second-order valence-corrected chi connectivity index (χ2v) is 7.05. The van der Waals surface area contributed by atoms with Gasteiger partial charge in [0.1, 0.15) is 11.5 Å². The largest absolute Gasteiger partial charge is 0.396 e. The van der Waals surface area contributed by atoms with E-state index < -0.39 is 23.0 Å². The van der Waals surface area contributed by atoms with E-state index in [0.29, 0.717) is 41.3 Å². The van der Waals surface area contributed by atoms with E-state index in [9.17, 15) is 13.6 Å². The molecule has 0 spiro atoms. The highest BCUT2D eigenvalue weighted by Crippen LogP contribution is 2.28. The first-order valence-electron chi connectivity index (χ1n) is 9.80. The van der Waals surface area contributed by atoms with Crippen molar-refractivity contribution in [2.24, 2.45) is 0 Å². The number of hydrogen-bond acceptors (Lipinski definition) is 7. The maximum atomic E-state index is 14.4. The number of carbonyl (C=O) groups excluding carboxylic acids is 1. The maximum Gasteiger partial charge on any atom is 0.222 e. The number of rotatable bonds is 8. The van der Waals surface area contributed by atoms with E-state index in [1.807, 2.05) is 0 Å². The van der Waals surface area contributed by atoms with Crippen LogP contribution in [0.4, 0.5) is 20.4 Å². The predicted octanol–water partition coefficient (Wildman–Crippen LogP) is 3.56. The lowest BCUT2D eigenvalue weighted by atomic mass is 10.0. The Balaban J connectivity index is 1.64. The number of ketones is 1. The van der Waals surface area contributed by atoms with Gasteiger partial charge in [-0.1, -0.05) is 0 Å². The van der Waals surface area contributed by atoms with E-state index in [1.54, 1.807) is 31.8 Å². The third kappa shape index (κ3) is 4.12. The summed E-state index contributed by atoms with van der Waals surface area (Å²) in [6.07, 6.45) is 7.04. The van der Waals surface area contributed by atoms with Crippen LogP contribution >= 0.6 is 0 Å². The van der Waals surface area contributed by atoms with E-state index in [-0.39, 0.29) is 11.3 Å². The fourth-order valence-corrected chi connectivity index (χ4v) is 3.25. The molecule has 4 aromatic rings. The lowest BCUT2D eigenvalue weighted by Gasteiger charge is -2.07. The van der Waals surface area contributed by atoms with Crippen LogP contribution in [0.25, 0.3) is 22.2 Å². The van der Waals surface area contributed by atoms with Crippen LogP contribution in [0.2, 0.25) is 0 Å². The summed E-state index contributed by atoms with van der Waals surface area (Å²) in [4.78, 5) is 28.6. The Morgan fingerprint density at radius 1 is 1.16 bits per heavy atom. The van der Waals surface area contributed by atoms with Crippen molar-refractivity contribution in [3.63, 3.8) is 0 Å². The molecule has 0 amide bonds. The van der Waals surface area contributed by atoms with Crippen LogP contribution in [0.15, 0.2) is 43.0 Å². The van der Waals surface area contributed by atoms with Crippen molar-refractivity contribution in [1.29, 1.82) is 0 Å². The van der Waals surface area contributed by atoms with Crippen LogP contribution in [0.3, 0.4) is 0 Å². The van der Waals surface area contributed by atoms with Crippen molar-refractivity contribution < 1.29 is 18.3 Å². The van der Waals surface area contributed by atoms with E-state index in [4.69, 9.17) is 10.5 Å². The van der Waals surface area contributed by atoms with Crippen molar-refractivity contribution in [3.8, 4) is 11.1 Å². The van der Waals surface area contributed by atoms with Gasteiger partial charge in [-0.05, 0) is 24.6 Å². The second kappa shape index (κ2) is 9.06. The molecule has 4 N–H and O–H groups in total. The summed E-state index contributed by atoms with van der Waals surface area (Å²) in [5.41, 5.74) is 6.30. The first kappa shape index (κ1) is 21.3. The Hall–Kier alpha value is -3.92. The minimum Gasteiger partial charge on any atom is -0.396 e. The highest BCUT2D eigenvalue weighted by atomic mass is 19.1. The van der Waals surface area contributed by atoms with Crippen LogP contribution in [0.5, 0.6) is 0 Å². The number of nitrogens with zero attached hydrogens (tertiary/aromatic N) is 3. The fraction of sp³-hybridized carbons (Fsp3) is 0.182. The molecule has 0 aliphatic rings. The van der Waals surface area contributed by atoms with E-state index in [2.05, 4.69) is 25.3 Å². The number of ether oxygens (including phenoxy) is 1. The monoisotopic (exact) mass is 438 g/mol. The van der Waals surface area contributed by atoms with Gasteiger partial charge in [-0.25, -0.2) is 23.7 Å². The van der Waals surface area contributed by atoms with Gasteiger partial charge in [0.2, 0.25) is 11.7 Å². The summed E-state index contributed by atoms with van der Waals surface area (Å²) >= 11 is 0. The molecule has 0 atom stereocenters. The van der Waals surface area contributed by atoms with Crippen molar-refractivity contribution >= 4 is 28.5 Å². The number of fused-ring (bicyclic) bond motifs is 1. The Kier molecular flexibility index (Phi) is 6.04. The summed E-state index contributed by atoms with van der Waals surface area (Å²) in [7, 11) is 1.64. The molecule has 0 fully saturated rings. The number of hydrogen-bond donors (Lipinski definition) is 3. The normalized spacial score (nSPS) is 11.1. The zero-order chi connectivity index (χ0) is 22.7. The minimum atomic E-state index is -1.09. The number of aromatic nitrogens is 4. The molecule has 0 saturated heterocycles. The maximum absolute atomic E-state index is 14.4. The molecular formula is C22H20F2N6O2. The van der Waals surface area contributed by atoms with E-state index >= 15 is 0 Å². The summed E-state index contributed by atoms with van der Waals surface area (Å²) < 4.78 is 33.6. The van der Waals surface area contributed by atoms with Crippen molar-refractivity contribution in [1.82, 2.24) is 19.9 Å². The number of anilines is 2. The lowest BCUT2D eigenvalue weighted by molar-refractivity contribution is 0.103. The molecule has 164 valence electrons. The van der Waals surface area contributed by atoms with Gasteiger partial charge in [0.15, 0.2) is 5.82 Å². The molecule has 1 aromatic carbocycles. The highest BCUT2D eigenvalue weighted by Gasteiger charge is 2.24.